The lowest BCUT2D eigenvalue weighted by Crippen LogP contribution is -2.45. The predicted molar refractivity (Wildman–Crippen MR) is 150 cm³/mol. The van der Waals surface area contributed by atoms with Gasteiger partial charge in [-0.1, -0.05) is 32.1 Å². The first kappa shape index (κ1) is 31.3. The van der Waals surface area contributed by atoms with E-state index in [9.17, 15) is 23.1 Å². The van der Waals surface area contributed by atoms with Gasteiger partial charge in [0.05, 0.1) is 28.5 Å². The van der Waals surface area contributed by atoms with Crippen molar-refractivity contribution in [2.75, 3.05) is 24.5 Å². The van der Waals surface area contributed by atoms with Gasteiger partial charge in [-0.05, 0) is 96.9 Å². The third kappa shape index (κ3) is 7.30. The van der Waals surface area contributed by atoms with Crippen LogP contribution in [-0.2, 0) is 11.0 Å². The van der Waals surface area contributed by atoms with Crippen LogP contribution in [0.2, 0.25) is 0 Å². The molecular weight excluding hydrogens is 525 g/mol. The van der Waals surface area contributed by atoms with Gasteiger partial charge in [-0.3, -0.25) is 14.6 Å². The number of nitriles is 1. The van der Waals surface area contributed by atoms with Crippen LogP contribution in [0.1, 0.15) is 96.6 Å². The molecule has 216 valence electrons. The molecule has 2 saturated heterocycles. The summed E-state index contributed by atoms with van der Waals surface area (Å²) in [5.74, 6) is -0.379. The molecule has 6 nitrogen and oxygen atoms in total. The Morgan fingerprint density at radius 3 is 2.23 bits per heavy atom. The van der Waals surface area contributed by atoms with Crippen molar-refractivity contribution in [1.29, 1.82) is 5.26 Å². The molecule has 1 aromatic rings. The average molecular weight is 567 g/mol. The molecule has 1 N–H and O–H groups in total. The smallest absolute Gasteiger partial charge is 0.389 e. The Morgan fingerprint density at radius 1 is 1.08 bits per heavy atom. The number of hydrogen-bond acceptors (Lipinski definition) is 5. The lowest BCUT2D eigenvalue weighted by Gasteiger charge is -2.33. The van der Waals surface area contributed by atoms with Gasteiger partial charge >= 0.3 is 6.18 Å². The number of unbranched alkanes of at least 4 members (excludes halogenated alkanes) is 6. The summed E-state index contributed by atoms with van der Waals surface area (Å²) in [6.07, 6.45) is 4.94. The molecule has 1 aromatic carbocycles. The van der Waals surface area contributed by atoms with E-state index in [1.807, 2.05) is 13.8 Å². The topological polar surface area (TPSA) is 70.8 Å². The van der Waals surface area contributed by atoms with Gasteiger partial charge in [0.15, 0.2) is 5.11 Å². The number of carbonyl (C=O) groups excluding carboxylic acids is 1. The second-order valence-corrected chi connectivity index (χ2v) is 12.2. The molecule has 2 aliphatic heterocycles. The summed E-state index contributed by atoms with van der Waals surface area (Å²) >= 11 is 5.56. The first-order chi connectivity index (χ1) is 18.2. The summed E-state index contributed by atoms with van der Waals surface area (Å²) in [7, 11) is 0. The van der Waals surface area contributed by atoms with Gasteiger partial charge in [0.2, 0.25) is 0 Å². The zero-order valence-corrected chi connectivity index (χ0v) is 24.3. The van der Waals surface area contributed by atoms with Gasteiger partial charge in [-0.25, -0.2) is 0 Å². The molecule has 0 aliphatic carbocycles. The number of nitrogens with zero attached hydrogens (tertiary/aromatic N) is 4. The number of halogens is 3. The maximum absolute atomic E-state index is 13.5. The van der Waals surface area contributed by atoms with Crippen LogP contribution in [0.3, 0.4) is 0 Å². The van der Waals surface area contributed by atoms with E-state index in [2.05, 4.69) is 4.90 Å². The molecule has 1 atom stereocenters. The van der Waals surface area contributed by atoms with Crippen LogP contribution in [0.4, 0.5) is 18.9 Å². The minimum Gasteiger partial charge on any atom is -0.389 e. The number of amides is 1. The van der Waals surface area contributed by atoms with E-state index in [1.165, 1.54) is 6.07 Å². The number of benzene rings is 1. The lowest BCUT2D eigenvalue weighted by atomic mass is 9.96. The Labute approximate surface area is 235 Å². The number of carbonyl (C=O) groups is 1. The highest BCUT2D eigenvalue weighted by Crippen LogP contribution is 2.38. The van der Waals surface area contributed by atoms with E-state index >= 15 is 0 Å². The minimum absolute atomic E-state index is 0.0229. The number of rotatable bonds is 12. The van der Waals surface area contributed by atoms with Crippen LogP contribution in [0.15, 0.2) is 18.2 Å². The average Bonchev–Trinajstić information content (AvgIpc) is 3.39. The largest absolute Gasteiger partial charge is 0.417 e. The van der Waals surface area contributed by atoms with E-state index in [-0.39, 0.29) is 22.7 Å². The predicted octanol–water partition coefficient (Wildman–Crippen LogP) is 6.26. The first-order valence-corrected chi connectivity index (χ1v) is 14.3. The van der Waals surface area contributed by atoms with E-state index in [0.29, 0.717) is 6.54 Å². The third-order valence-corrected chi connectivity index (χ3v) is 8.42. The summed E-state index contributed by atoms with van der Waals surface area (Å²) < 4.78 is 40.4. The van der Waals surface area contributed by atoms with Gasteiger partial charge in [0, 0.05) is 12.6 Å². The highest BCUT2D eigenvalue weighted by Gasteiger charge is 2.49. The fourth-order valence-corrected chi connectivity index (χ4v) is 6.31. The second kappa shape index (κ2) is 12.5. The van der Waals surface area contributed by atoms with Crippen molar-refractivity contribution in [3.8, 4) is 6.07 Å². The number of alkyl halides is 3. The summed E-state index contributed by atoms with van der Waals surface area (Å²) in [4.78, 5) is 18.6. The summed E-state index contributed by atoms with van der Waals surface area (Å²) in [5, 5.41) is 19.6. The zero-order chi connectivity index (χ0) is 29.0. The Hall–Kier alpha value is -2.22. The van der Waals surface area contributed by atoms with Crippen molar-refractivity contribution in [3.63, 3.8) is 0 Å². The Kier molecular flexibility index (Phi) is 10.1. The van der Waals surface area contributed by atoms with Crippen molar-refractivity contribution < 1.29 is 23.1 Å². The number of hydrogen-bond donors (Lipinski definition) is 1. The quantitative estimate of drug-likeness (QED) is 0.238. The molecule has 0 spiro atoms. The first-order valence-electron chi connectivity index (χ1n) is 13.9. The van der Waals surface area contributed by atoms with Crippen LogP contribution < -0.4 is 4.90 Å². The zero-order valence-electron chi connectivity index (χ0n) is 23.5. The Morgan fingerprint density at radius 2 is 1.67 bits per heavy atom. The Balaban J connectivity index is 1.45. The fourth-order valence-electron chi connectivity index (χ4n) is 5.80. The number of likely N-dealkylation sites (tertiary alicyclic amines) is 1. The molecule has 2 aliphatic rings. The highest BCUT2D eigenvalue weighted by molar-refractivity contribution is 7.80. The lowest BCUT2D eigenvalue weighted by molar-refractivity contribution is -0.137. The molecule has 0 bridgehead atoms. The van der Waals surface area contributed by atoms with Gasteiger partial charge in [0.25, 0.3) is 5.91 Å². The maximum atomic E-state index is 13.5. The molecule has 1 amide bonds. The number of aliphatic hydroxyl groups is 1. The monoisotopic (exact) mass is 566 g/mol. The third-order valence-electron chi connectivity index (χ3n) is 8.02. The van der Waals surface area contributed by atoms with Crippen molar-refractivity contribution in [3.05, 3.63) is 29.3 Å². The molecule has 3 rings (SSSR count). The van der Waals surface area contributed by atoms with Gasteiger partial charge in [0.1, 0.15) is 5.54 Å². The van der Waals surface area contributed by atoms with E-state index in [1.54, 1.807) is 24.8 Å². The van der Waals surface area contributed by atoms with Crippen molar-refractivity contribution >= 4 is 28.9 Å². The molecule has 10 heteroatoms. The van der Waals surface area contributed by atoms with Gasteiger partial charge in [-0.2, -0.15) is 18.4 Å². The second-order valence-electron chi connectivity index (χ2n) is 11.8. The molecule has 0 unspecified atom stereocenters. The SMILES string of the molecule is CC(C)(O)[C@@H]1CCCN1CCCCCCCCCN1C(=S)N(c2ccc(C#N)c(C(F)(F)F)c2)C(=O)C1(C)C. The summed E-state index contributed by atoms with van der Waals surface area (Å²) in [5.41, 5.74) is -3.17. The minimum atomic E-state index is -4.71. The molecule has 0 radical (unpaired) electrons. The molecule has 0 saturated carbocycles. The molecule has 2 fully saturated rings. The molecule has 39 heavy (non-hydrogen) atoms. The van der Waals surface area contributed by atoms with Crippen LogP contribution in [-0.4, -0.2) is 62.7 Å². The van der Waals surface area contributed by atoms with Crippen LogP contribution >= 0.6 is 12.2 Å². The van der Waals surface area contributed by atoms with Gasteiger partial charge < -0.3 is 10.0 Å². The van der Waals surface area contributed by atoms with E-state index < -0.39 is 28.4 Å². The van der Waals surface area contributed by atoms with Crippen molar-refractivity contribution in [1.82, 2.24) is 9.80 Å². The summed E-state index contributed by atoms with van der Waals surface area (Å²) in [6.45, 7) is 9.91. The molecule has 0 aromatic heterocycles. The van der Waals surface area contributed by atoms with Crippen molar-refractivity contribution in [2.45, 2.75) is 109 Å². The number of anilines is 1. The van der Waals surface area contributed by atoms with E-state index in [4.69, 9.17) is 17.5 Å². The molecule has 2 heterocycles. The highest BCUT2D eigenvalue weighted by atomic mass is 32.1. The molecular formula is C29H41F3N4O2S. The van der Waals surface area contributed by atoms with E-state index in [0.717, 1.165) is 87.9 Å². The Bertz CT molecular complexity index is 1080. The van der Waals surface area contributed by atoms with Crippen LogP contribution in [0.5, 0.6) is 0 Å². The maximum Gasteiger partial charge on any atom is 0.417 e. The number of thiocarbonyl (C=S) groups is 1. The van der Waals surface area contributed by atoms with Crippen LogP contribution in [0, 0.1) is 11.3 Å². The normalized spacial score (nSPS) is 20.2. The summed E-state index contributed by atoms with van der Waals surface area (Å²) in [6, 6.07) is 5.07. The standard InChI is InChI=1S/C29H41F3N4O2S/c1-27(2)25(37)36(22-15-14-21(20-33)23(19-22)29(30,31)32)26(39)35(27)18-11-9-7-5-6-8-10-16-34-17-12-13-24(34)28(3,4)38/h14-15,19,24,38H,5-13,16-18H2,1-4H3/t24-/m0/s1. The fraction of sp³-hybridized carbons (Fsp3) is 0.690. The van der Waals surface area contributed by atoms with Gasteiger partial charge in [-0.15, -0.1) is 0 Å². The van der Waals surface area contributed by atoms with Crippen LogP contribution in [0.25, 0.3) is 0 Å². The van der Waals surface area contributed by atoms with Crippen molar-refractivity contribution in [2.24, 2.45) is 0 Å².